The largest absolute Gasteiger partial charge is 0.497 e. The van der Waals surface area contributed by atoms with Gasteiger partial charge in [0.2, 0.25) is 0 Å². The van der Waals surface area contributed by atoms with E-state index in [9.17, 15) is 4.79 Å². The summed E-state index contributed by atoms with van der Waals surface area (Å²) in [7, 11) is 3.67. The summed E-state index contributed by atoms with van der Waals surface area (Å²) in [5.74, 6) is 2.34. The number of furan rings is 1. The van der Waals surface area contributed by atoms with Crippen LogP contribution in [-0.4, -0.2) is 36.5 Å². The van der Waals surface area contributed by atoms with Crippen molar-refractivity contribution in [2.75, 3.05) is 20.7 Å². The van der Waals surface area contributed by atoms with Crippen molar-refractivity contribution < 1.29 is 13.9 Å². The van der Waals surface area contributed by atoms with Crippen LogP contribution in [0.2, 0.25) is 0 Å². The van der Waals surface area contributed by atoms with Gasteiger partial charge in [-0.05, 0) is 99.0 Å². The zero-order chi connectivity index (χ0) is 26.2. The van der Waals surface area contributed by atoms with Crippen LogP contribution in [0.3, 0.4) is 0 Å². The van der Waals surface area contributed by atoms with Gasteiger partial charge in [-0.15, -0.1) is 0 Å². The average molecular weight is 496 g/mol. The Morgan fingerprint density at radius 3 is 2.46 bits per heavy atom. The van der Waals surface area contributed by atoms with Crippen LogP contribution in [-0.2, 0) is 5.54 Å². The number of carbonyl (C=O) groups is 1. The van der Waals surface area contributed by atoms with Crippen molar-refractivity contribution in [3.63, 3.8) is 0 Å². The molecule has 0 radical (unpaired) electrons. The van der Waals surface area contributed by atoms with Crippen molar-refractivity contribution >= 4 is 16.8 Å². The number of hydrogen-bond donors (Lipinski definition) is 1. The molecule has 2 aromatic heterocycles. The topological polar surface area (TPSA) is 67.6 Å². The van der Waals surface area contributed by atoms with Crippen LogP contribution in [0, 0.1) is 20.8 Å². The molecule has 0 bridgehead atoms. The van der Waals surface area contributed by atoms with E-state index >= 15 is 0 Å². The number of carbonyl (C=O) groups excluding carboxylic acids is 1. The van der Waals surface area contributed by atoms with E-state index in [1.54, 1.807) is 19.4 Å². The summed E-state index contributed by atoms with van der Waals surface area (Å²) < 4.78 is 11.1. The van der Waals surface area contributed by atoms with Crippen molar-refractivity contribution in [2.45, 2.75) is 39.2 Å². The molecule has 1 aliphatic carbocycles. The first-order valence-corrected chi connectivity index (χ1v) is 12.6. The highest BCUT2D eigenvalue weighted by Crippen LogP contribution is 2.49. The molecule has 37 heavy (non-hydrogen) atoms. The number of rotatable bonds is 5. The lowest BCUT2D eigenvalue weighted by Crippen LogP contribution is -2.35. The number of hydrogen-bond acceptors (Lipinski definition) is 5. The molecular weight excluding hydrogens is 462 g/mol. The Bertz CT molecular complexity index is 1500. The Kier molecular flexibility index (Phi) is 6.50. The molecule has 4 aromatic rings. The standard InChI is InChI=1S/C27H26N2O3.C4H7N/c1-16-7-8-20(31-4)15-22(16)26(30)29-27(9-10-27)24-13-19(23-12-17(2)32-18(23)3)14-25-21(24)6-5-11-28-25;1-5-3-2-4-5/h5-8,11-15H,9-10H2,1-4H3,(H,29,30);2-3H,4H2,1H3. The second-order valence-electron chi connectivity index (χ2n) is 9.96. The lowest BCUT2D eigenvalue weighted by atomic mass is 9.93. The Morgan fingerprint density at radius 2 is 1.86 bits per heavy atom. The number of ether oxygens (including phenoxy) is 1. The van der Waals surface area contributed by atoms with E-state index in [-0.39, 0.29) is 5.91 Å². The molecule has 3 heterocycles. The third-order valence-electron chi connectivity index (χ3n) is 7.13. The maximum atomic E-state index is 13.3. The molecule has 0 saturated heterocycles. The maximum absolute atomic E-state index is 13.3. The fourth-order valence-corrected chi connectivity index (χ4v) is 4.81. The molecule has 1 N–H and O–H groups in total. The number of methoxy groups -OCH3 is 1. The van der Waals surface area contributed by atoms with Crippen molar-refractivity contribution in [3.8, 4) is 16.9 Å². The summed E-state index contributed by atoms with van der Waals surface area (Å²) >= 11 is 0. The minimum absolute atomic E-state index is 0.0864. The Morgan fingerprint density at radius 1 is 1.11 bits per heavy atom. The number of aryl methyl sites for hydroxylation is 3. The first kappa shape index (κ1) is 24.6. The lowest BCUT2D eigenvalue weighted by Gasteiger charge is -2.22. The van der Waals surface area contributed by atoms with Gasteiger partial charge in [-0.2, -0.15) is 0 Å². The number of likely N-dealkylation sites (N-methyl/N-ethyl adjacent to an activating group) is 1. The fraction of sp³-hybridized carbons (Fsp3) is 0.290. The smallest absolute Gasteiger partial charge is 0.252 e. The van der Waals surface area contributed by atoms with Gasteiger partial charge in [0.1, 0.15) is 17.3 Å². The predicted octanol–water partition coefficient (Wildman–Crippen LogP) is 6.29. The normalized spacial score (nSPS) is 15.0. The summed E-state index contributed by atoms with van der Waals surface area (Å²) in [5, 5.41) is 4.40. The van der Waals surface area contributed by atoms with E-state index in [0.717, 1.165) is 64.1 Å². The van der Waals surface area contributed by atoms with Crippen LogP contribution >= 0.6 is 0 Å². The van der Waals surface area contributed by atoms with Gasteiger partial charge < -0.3 is 19.4 Å². The van der Waals surface area contributed by atoms with Gasteiger partial charge in [-0.1, -0.05) is 12.1 Å². The van der Waals surface area contributed by atoms with Gasteiger partial charge in [0.25, 0.3) is 5.91 Å². The summed E-state index contributed by atoms with van der Waals surface area (Å²) in [5.41, 5.74) is 5.28. The van der Waals surface area contributed by atoms with Crippen LogP contribution in [0.15, 0.2) is 71.4 Å². The summed E-state index contributed by atoms with van der Waals surface area (Å²) in [6, 6.07) is 16.0. The van der Waals surface area contributed by atoms with Crippen LogP contribution in [0.5, 0.6) is 5.75 Å². The molecule has 6 nitrogen and oxygen atoms in total. The monoisotopic (exact) mass is 495 g/mol. The lowest BCUT2D eigenvalue weighted by molar-refractivity contribution is 0.0930. The predicted molar refractivity (Wildman–Crippen MR) is 147 cm³/mol. The van der Waals surface area contributed by atoms with Crippen molar-refractivity contribution in [2.24, 2.45) is 0 Å². The van der Waals surface area contributed by atoms with Gasteiger partial charge in [0.05, 0.1) is 18.2 Å². The third-order valence-corrected chi connectivity index (χ3v) is 7.13. The number of pyridine rings is 1. The van der Waals surface area contributed by atoms with Gasteiger partial charge in [-0.25, -0.2) is 0 Å². The molecule has 6 heteroatoms. The maximum Gasteiger partial charge on any atom is 0.252 e. The number of fused-ring (bicyclic) bond motifs is 1. The Labute approximate surface area is 218 Å². The zero-order valence-corrected chi connectivity index (χ0v) is 22.1. The molecule has 2 aliphatic rings. The molecule has 1 aliphatic heterocycles. The highest BCUT2D eigenvalue weighted by molar-refractivity contribution is 5.98. The minimum Gasteiger partial charge on any atom is -0.497 e. The summed E-state index contributed by atoms with van der Waals surface area (Å²) in [6.07, 6.45) is 7.76. The molecule has 190 valence electrons. The van der Waals surface area contributed by atoms with Gasteiger partial charge in [-0.3, -0.25) is 9.78 Å². The highest BCUT2D eigenvalue weighted by Gasteiger charge is 2.47. The summed E-state index contributed by atoms with van der Waals surface area (Å²) in [6.45, 7) is 7.01. The molecule has 1 saturated carbocycles. The first-order chi connectivity index (χ1) is 17.8. The summed E-state index contributed by atoms with van der Waals surface area (Å²) in [4.78, 5) is 20.1. The van der Waals surface area contributed by atoms with E-state index in [1.807, 2.05) is 39.0 Å². The highest BCUT2D eigenvalue weighted by atomic mass is 16.5. The quantitative estimate of drug-likeness (QED) is 0.352. The number of amides is 1. The Hall–Kier alpha value is -4.06. The molecule has 2 aromatic carbocycles. The van der Waals surface area contributed by atoms with Gasteiger partial charge in [0.15, 0.2) is 0 Å². The average Bonchev–Trinajstić information content (AvgIpc) is 3.57. The van der Waals surface area contributed by atoms with Crippen molar-refractivity contribution in [3.05, 3.63) is 95.2 Å². The second kappa shape index (κ2) is 9.77. The SMILES string of the molecule is CN1C=CC1.COc1ccc(C)c(C(=O)NC2(c3cc(-c4cc(C)oc4C)cc4ncccc34)CC2)c1. The van der Waals surface area contributed by atoms with E-state index < -0.39 is 5.54 Å². The molecule has 0 spiro atoms. The second-order valence-corrected chi connectivity index (χ2v) is 9.96. The van der Waals surface area contributed by atoms with E-state index in [1.165, 1.54) is 0 Å². The minimum atomic E-state index is -0.406. The van der Waals surface area contributed by atoms with Crippen LogP contribution in [0.1, 0.15) is 45.8 Å². The van der Waals surface area contributed by atoms with Crippen molar-refractivity contribution in [1.82, 2.24) is 15.2 Å². The van der Waals surface area contributed by atoms with Gasteiger partial charge in [0, 0.05) is 36.3 Å². The number of benzene rings is 2. The fourth-order valence-electron chi connectivity index (χ4n) is 4.81. The molecule has 1 amide bonds. The van der Waals surface area contributed by atoms with Crippen LogP contribution in [0.4, 0.5) is 0 Å². The Balaban J connectivity index is 0.000000503. The van der Waals surface area contributed by atoms with E-state index in [4.69, 9.17) is 9.15 Å². The first-order valence-electron chi connectivity index (χ1n) is 12.6. The molecule has 0 unspecified atom stereocenters. The van der Waals surface area contributed by atoms with Crippen LogP contribution in [0.25, 0.3) is 22.0 Å². The van der Waals surface area contributed by atoms with Crippen molar-refractivity contribution in [1.29, 1.82) is 0 Å². The van der Waals surface area contributed by atoms with E-state index in [2.05, 4.69) is 58.8 Å². The third kappa shape index (κ3) is 4.96. The molecular formula is C31H33N3O3. The number of nitrogens with one attached hydrogen (secondary N) is 1. The van der Waals surface area contributed by atoms with Crippen LogP contribution < -0.4 is 10.1 Å². The molecule has 1 fully saturated rings. The van der Waals surface area contributed by atoms with E-state index in [0.29, 0.717) is 11.3 Å². The number of nitrogens with zero attached hydrogens (tertiary/aromatic N) is 2. The number of aromatic nitrogens is 1. The molecule has 0 atom stereocenters. The molecule has 6 rings (SSSR count). The van der Waals surface area contributed by atoms with Gasteiger partial charge >= 0.3 is 0 Å². The zero-order valence-electron chi connectivity index (χ0n) is 22.1.